The number of carbonyl (C=O) groups is 1. The van der Waals surface area contributed by atoms with E-state index in [9.17, 15) is 26.4 Å². The maximum atomic E-state index is 12.8. The molecule has 1 unspecified atom stereocenters. The van der Waals surface area contributed by atoms with Crippen LogP contribution in [-0.4, -0.2) is 19.5 Å². The molecule has 132 valence electrons. The summed E-state index contributed by atoms with van der Waals surface area (Å²) >= 11 is 0. The van der Waals surface area contributed by atoms with Crippen molar-refractivity contribution in [1.82, 2.24) is 0 Å². The van der Waals surface area contributed by atoms with E-state index < -0.39 is 40.2 Å². The van der Waals surface area contributed by atoms with Crippen LogP contribution in [-0.2, 0) is 21.0 Å². The normalized spacial score (nSPS) is 18.8. The fourth-order valence-corrected chi connectivity index (χ4v) is 4.75. The summed E-state index contributed by atoms with van der Waals surface area (Å²) in [5, 5.41) is 9.11. The Morgan fingerprint density at radius 1 is 1.08 bits per heavy atom. The van der Waals surface area contributed by atoms with E-state index in [-0.39, 0.29) is 10.6 Å². The van der Waals surface area contributed by atoms with Crippen molar-refractivity contribution in [2.45, 2.75) is 23.5 Å². The number of halogens is 3. The molecule has 5 nitrogen and oxygen atoms in total. The maximum absolute atomic E-state index is 12.8. The van der Waals surface area contributed by atoms with Gasteiger partial charge in [0.1, 0.15) is 0 Å². The minimum absolute atomic E-state index is 0.0181. The Kier molecular flexibility index (Phi) is 3.98. The van der Waals surface area contributed by atoms with Crippen LogP contribution in [0.25, 0.3) is 0 Å². The summed E-state index contributed by atoms with van der Waals surface area (Å²) in [6.45, 7) is 0. The van der Waals surface area contributed by atoms with Crippen LogP contribution in [0.5, 0.6) is 0 Å². The average molecular weight is 371 g/mol. The van der Waals surface area contributed by atoms with E-state index in [0.29, 0.717) is 5.56 Å². The molecule has 0 saturated carbocycles. The van der Waals surface area contributed by atoms with Crippen molar-refractivity contribution in [3.8, 4) is 0 Å². The number of carboxylic acid groups (broad SMARTS) is 1. The lowest BCUT2D eigenvalue weighted by atomic mass is 10.0. The highest BCUT2D eigenvalue weighted by Gasteiger charge is 2.43. The first kappa shape index (κ1) is 17.3. The van der Waals surface area contributed by atoms with Gasteiger partial charge in [0.05, 0.1) is 28.6 Å². The first-order chi connectivity index (χ1) is 11.6. The van der Waals surface area contributed by atoms with Gasteiger partial charge in [-0.25, -0.2) is 8.42 Å². The highest BCUT2D eigenvalue weighted by atomic mass is 32.2. The minimum Gasteiger partial charge on any atom is -0.481 e. The zero-order valence-electron chi connectivity index (χ0n) is 12.6. The summed E-state index contributed by atoms with van der Waals surface area (Å²) in [5.74, 6) is -1.21. The molecule has 3 rings (SSSR count). The van der Waals surface area contributed by atoms with Gasteiger partial charge in [-0.2, -0.15) is 13.2 Å². The molecule has 2 aromatic carbocycles. The average Bonchev–Trinajstić information content (AvgIpc) is 2.74. The lowest BCUT2D eigenvalue weighted by Gasteiger charge is -2.25. The minimum atomic E-state index is -4.55. The molecule has 2 aromatic rings. The lowest BCUT2D eigenvalue weighted by molar-refractivity contribution is -0.138. The number of anilines is 1. The van der Waals surface area contributed by atoms with Crippen LogP contribution in [0, 0.1) is 0 Å². The smallest absolute Gasteiger partial charge is 0.416 e. The fourth-order valence-electron chi connectivity index (χ4n) is 2.86. The van der Waals surface area contributed by atoms with Gasteiger partial charge in [-0.1, -0.05) is 18.2 Å². The zero-order chi connectivity index (χ0) is 18.4. The Hall–Kier alpha value is -2.55. The van der Waals surface area contributed by atoms with Crippen molar-refractivity contribution in [1.29, 1.82) is 0 Å². The number of hydrogen-bond donors (Lipinski definition) is 1. The van der Waals surface area contributed by atoms with Gasteiger partial charge >= 0.3 is 12.1 Å². The van der Waals surface area contributed by atoms with E-state index >= 15 is 0 Å². The number of rotatable bonds is 3. The van der Waals surface area contributed by atoms with Crippen molar-refractivity contribution in [3.05, 3.63) is 59.7 Å². The lowest BCUT2D eigenvalue weighted by Crippen LogP contribution is -2.29. The molecule has 0 aromatic heterocycles. The molecule has 0 bridgehead atoms. The molecule has 1 aliphatic rings. The molecule has 1 heterocycles. The largest absolute Gasteiger partial charge is 0.481 e. The van der Waals surface area contributed by atoms with Crippen LogP contribution >= 0.6 is 0 Å². The van der Waals surface area contributed by atoms with Gasteiger partial charge in [-0.05, 0) is 35.9 Å². The SMILES string of the molecule is O=C(O)CC1c2ccccc2S(=O)(=O)N1c1ccc(C(F)(F)F)cc1. The van der Waals surface area contributed by atoms with Gasteiger partial charge in [0.25, 0.3) is 10.0 Å². The molecule has 0 radical (unpaired) electrons. The number of aliphatic carboxylic acids is 1. The second-order valence-electron chi connectivity index (χ2n) is 5.50. The van der Waals surface area contributed by atoms with Crippen LogP contribution in [0.1, 0.15) is 23.6 Å². The van der Waals surface area contributed by atoms with Gasteiger partial charge in [0.2, 0.25) is 0 Å². The van der Waals surface area contributed by atoms with E-state index in [1.54, 1.807) is 6.07 Å². The second kappa shape index (κ2) is 5.76. The number of carboxylic acids is 1. The quantitative estimate of drug-likeness (QED) is 0.897. The number of nitrogens with zero attached hydrogens (tertiary/aromatic N) is 1. The molecular formula is C16H12F3NO4S. The van der Waals surface area contributed by atoms with Crippen LogP contribution in [0.4, 0.5) is 18.9 Å². The molecular weight excluding hydrogens is 359 g/mol. The van der Waals surface area contributed by atoms with Gasteiger partial charge in [-0.3, -0.25) is 9.10 Å². The Labute approximate surface area is 141 Å². The summed E-state index contributed by atoms with van der Waals surface area (Å²) in [6, 6.07) is 8.52. The van der Waals surface area contributed by atoms with Crippen molar-refractivity contribution < 1.29 is 31.5 Å². The highest BCUT2D eigenvalue weighted by Crippen LogP contribution is 2.44. The number of hydrogen-bond acceptors (Lipinski definition) is 3. The summed E-state index contributed by atoms with van der Waals surface area (Å²) in [7, 11) is -4.05. The first-order valence-electron chi connectivity index (χ1n) is 7.15. The summed E-state index contributed by atoms with van der Waals surface area (Å²) in [6.07, 6.45) is -5.05. The molecule has 0 fully saturated rings. The van der Waals surface area contributed by atoms with Crippen molar-refractivity contribution in [3.63, 3.8) is 0 Å². The third-order valence-corrected chi connectivity index (χ3v) is 5.83. The second-order valence-corrected chi connectivity index (χ2v) is 7.28. The predicted molar refractivity (Wildman–Crippen MR) is 82.5 cm³/mol. The molecule has 0 aliphatic carbocycles. The van der Waals surface area contributed by atoms with Gasteiger partial charge in [0.15, 0.2) is 0 Å². The van der Waals surface area contributed by atoms with E-state index in [4.69, 9.17) is 5.11 Å². The Bertz CT molecular complexity index is 923. The summed E-state index contributed by atoms with van der Waals surface area (Å²) < 4.78 is 64.5. The third kappa shape index (κ3) is 2.95. The van der Waals surface area contributed by atoms with Gasteiger partial charge in [-0.15, -0.1) is 0 Å². The van der Waals surface area contributed by atoms with Gasteiger partial charge in [0, 0.05) is 0 Å². The van der Waals surface area contributed by atoms with Crippen LogP contribution in [0.15, 0.2) is 53.4 Å². The van der Waals surface area contributed by atoms with Crippen LogP contribution < -0.4 is 4.31 Å². The highest BCUT2D eigenvalue weighted by molar-refractivity contribution is 7.93. The Morgan fingerprint density at radius 2 is 1.68 bits per heavy atom. The number of benzene rings is 2. The third-order valence-electron chi connectivity index (χ3n) is 3.92. The predicted octanol–water partition coefficient (Wildman–Crippen LogP) is 3.43. The van der Waals surface area contributed by atoms with E-state index in [1.165, 1.54) is 18.2 Å². The van der Waals surface area contributed by atoms with Gasteiger partial charge < -0.3 is 5.11 Å². The van der Waals surface area contributed by atoms with Crippen molar-refractivity contribution in [2.24, 2.45) is 0 Å². The van der Waals surface area contributed by atoms with E-state index in [0.717, 1.165) is 28.6 Å². The first-order valence-corrected chi connectivity index (χ1v) is 8.59. The Morgan fingerprint density at radius 3 is 2.24 bits per heavy atom. The topological polar surface area (TPSA) is 74.7 Å². The Balaban J connectivity index is 2.12. The van der Waals surface area contributed by atoms with Crippen molar-refractivity contribution in [2.75, 3.05) is 4.31 Å². The molecule has 0 amide bonds. The number of alkyl halides is 3. The number of fused-ring (bicyclic) bond motifs is 1. The van der Waals surface area contributed by atoms with E-state index in [2.05, 4.69) is 0 Å². The summed E-state index contributed by atoms with van der Waals surface area (Å²) in [4.78, 5) is 11.1. The molecule has 9 heteroatoms. The summed E-state index contributed by atoms with van der Waals surface area (Å²) in [5.41, 5.74) is -0.625. The zero-order valence-corrected chi connectivity index (χ0v) is 13.4. The molecule has 1 aliphatic heterocycles. The van der Waals surface area contributed by atoms with Crippen molar-refractivity contribution >= 4 is 21.7 Å². The molecule has 0 spiro atoms. The van der Waals surface area contributed by atoms with Crippen LogP contribution in [0.2, 0.25) is 0 Å². The standard InChI is InChI=1S/C16H12F3NO4S/c17-16(18,19)10-5-7-11(8-6-10)20-13(9-15(21)22)12-3-1-2-4-14(12)25(20,23)24/h1-8,13H,9H2,(H,21,22). The monoisotopic (exact) mass is 371 g/mol. The molecule has 0 saturated heterocycles. The number of sulfonamides is 1. The molecule has 1 N–H and O–H groups in total. The fraction of sp³-hybridized carbons (Fsp3) is 0.188. The molecule has 25 heavy (non-hydrogen) atoms. The van der Waals surface area contributed by atoms with E-state index in [1.807, 2.05) is 0 Å². The molecule has 1 atom stereocenters. The maximum Gasteiger partial charge on any atom is 0.416 e. The van der Waals surface area contributed by atoms with Crippen LogP contribution in [0.3, 0.4) is 0 Å².